The van der Waals surface area contributed by atoms with Crippen molar-refractivity contribution in [2.45, 2.75) is 44.2 Å². The first kappa shape index (κ1) is 15.0. The third-order valence-corrected chi connectivity index (χ3v) is 4.81. The van der Waals surface area contributed by atoms with E-state index in [-0.39, 0.29) is 5.91 Å². The number of hydrogen-bond acceptors (Lipinski definition) is 2. The number of nitrogens with two attached hydrogens (primary N) is 1. The van der Waals surface area contributed by atoms with Gasteiger partial charge in [-0.15, -0.1) is 0 Å². The first-order chi connectivity index (χ1) is 10.6. The minimum Gasteiger partial charge on any atom is -0.340 e. The molecule has 2 N–H and O–H groups in total. The molecule has 116 valence electrons. The lowest BCUT2D eigenvalue weighted by Crippen LogP contribution is -2.55. The van der Waals surface area contributed by atoms with Gasteiger partial charge >= 0.3 is 0 Å². The van der Waals surface area contributed by atoms with E-state index in [1.807, 2.05) is 19.2 Å². The predicted molar refractivity (Wildman–Crippen MR) is 90.4 cm³/mol. The summed E-state index contributed by atoms with van der Waals surface area (Å²) in [5.41, 5.74) is 6.90. The molecule has 0 spiro atoms. The summed E-state index contributed by atoms with van der Waals surface area (Å²) in [6.45, 7) is 0.610. The quantitative estimate of drug-likeness (QED) is 0.943. The van der Waals surface area contributed by atoms with Crippen molar-refractivity contribution in [1.82, 2.24) is 4.90 Å². The number of carbonyl (C=O) groups is 1. The molecular weight excluding hydrogens is 272 g/mol. The Hall–Kier alpha value is -1.87. The van der Waals surface area contributed by atoms with Gasteiger partial charge in [0, 0.05) is 13.6 Å². The maximum atomic E-state index is 12.8. The van der Waals surface area contributed by atoms with Crippen LogP contribution in [0, 0.1) is 0 Å². The minimum absolute atomic E-state index is 0.0835. The summed E-state index contributed by atoms with van der Waals surface area (Å²) < 4.78 is 0. The Bertz CT molecular complexity index is 669. The van der Waals surface area contributed by atoms with Gasteiger partial charge < -0.3 is 10.6 Å². The third kappa shape index (κ3) is 2.86. The molecule has 1 aliphatic carbocycles. The Morgan fingerprint density at radius 1 is 1.09 bits per heavy atom. The highest BCUT2D eigenvalue weighted by Gasteiger charge is 2.37. The van der Waals surface area contributed by atoms with E-state index in [1.54, 1.807) is 4.90 Å². The van der Waals surface area contributed by atoms with Crippen LogP contribution in [0.4, 0.5) is 0 Å². The monoisotopic (exact) mass is 296 g/mol. The van der Waals surface area contributed by atoms with Crippen molar-refractivity contribution in [1.29, 1.82) is 0 Å². The van der Waals surface area contributed by atoms with E-state index in [0.29, 0.717) is 6.54 Å². The second-order valence-electron chi connectivity index (χ2n) is 6.52. The van der Waals surface area contributed by atoms with Gasteiger partial charge in [-0.05, 0) is 29.2 Å². The molecule has 3 nitrogen and oxygen atoms in total. The number of hydrogen-bond donors (Lipinski definition) is 1. The van der Waals surface area contributed by atoms with Crippen LogP contribution >= 0.6 is 0 Å². The van der Waals surface area contributed by atoms with Crippen molar-refractivity contribution >= 4 is 16.7 Å². The summed E-state index contributed by atoms with van der Waals surface area (Å²) in [6, 6.07) is 14.5. The van der Waals surface area contributed by atoms with Gasteiger partial charge in [-0.25, -0.2) is 0 Å². The first-order valence-corrected chi connectivity index (χ1v) is 8.11. The molecule has 0 aromatic heterocycles. The van der Waals surface area contributed by atoms with Gasteiger partial charge in [0.2, 0.25) is 5.91 Å². The van der Waals surface area contributed by atoms with Gasteiger partial charge in [0.15, 0.2) is 0 Å². The van der Waals surface area contributed by atoms with Crippen LogP contribution in [0.3, 0.4) is 0 Å². The topological polar surface area (TPSA) is 46.3 Å². The molecule has 2 aromatic rings. The average Bonchev–Trinajstić information content (AvgIpc) is 2.55. The normalized spacial score (nSPS) is 17.4. The third-order valence-electron chi connectivity index (χ3n) is 4.81. The Kier molecular flexibility index (Phi) is 4.16. The summed E-state index contributed by atoms with van der Waals surface area (Å²) >= 11 is 0. The molecule has 0 bridgehead atoms. The fourth-order valence-electron chi connectivity index (χ4n) is 3.53. The van der Waals surface area contributed by atoms with Crippen molar-refractivity contribution in [3.8, 4) is 0 Å². The summed E-state index contributed by atoms with van der Waals surface area (Å²) in [5, 5.41) is 2.42. The van der Waals surface area contributed by atoms with Gasteiger partial charge in [0.05, 0.1) is 5.54 Å². The zero-order valence-electron chi connectivity index (χ0n) is 13.2. The second-order valence-corrected chi connectivity index (χ2v) is 6.52. The average molecular weight is 296 g/mol. The molecule has 1 fully saturated rings. The minimum atomic E-state index is -0.655. The molecule has 1 saturated carbocycles. The summed E-state index contributed by atoms with van der Waals surface area (Å²) in [5.74, 6) is 0.0835. The molecule has 2 aromatic carbocycles. The lowest BCUT2D eigenvalue weighted by molar-refractivity contribution is -0.137. The maximum Gasteiger partial charge on any atom is 0.242 e. The van der Waals surface area contributed by atoms with Crippen molar-refractivity contribution in [2.75, 3.05) is 7.05 Å². The van der Waals surface area contributed by atoms with E-state index in [1.165, 1.54) is 22.8 Å². The molecule has 0 aliphatic heterocycles. The van der Waals surface area contributed by atoms with Gasteiger partial charge in [0.1, 0.15) is 0 Å². The largest absolute Gasteiger partial charge is 0.340 e. The summed E-state index contributed by atoms with van der Waals surface area (Å²) in [6.07, 6.45) is 4.94. The van der Waals surface area contributed by atoms with Gasteiger partial charge in [-0.2, -0.15) is 0 Å². The number of likely N-dealkylation sites (N-methyl/N-ethyl adjacent to an activating group) is 1. The Balaban J connectivity index is 1.81. The Morgan fingerprint density at radius 3 is 2.55 bits per heavy atom. The smallest absolute Gasteiger partial charge is 0.242 e. The van der Waals surface area contributed by atoms with Crippen LogP contribution < -0.4 is 5.73 Å². The van der Waals surface area contributed by atoms with Gasteiger partial charge in [0.25, 0.3) is 0 Å². The fraction of sp³-hybridized carbons (Fsp3) is 0.421. The molecule has 1 amide bonds. The zero-order valence-corrected chi connectivity index (χ0v) is 13.2. The maximum absolute atomic E-state index is 12.8. The van der Waals surface area contributed by atoms with E-state index in [0.717, 1.165) is 25.7 Å². The summed E-state index contributed by atoms with van der Waals surface area (Å²) in [7, 11) is 1.87. The molecule has 3 rings (SSSR count). The molecule has 1 aliphatic rings. The van der Waals surface area contributed by atoms with E-state index >= 15 is 0 Å². The molecule has 0 radical (unpaired) electrons. The number of carbonyl (C=O) groups excluding carboxylic acids is 1. The lowest BCUT2D eigenvalue weighted by Gasteiger charge is -2.35. The molecule has 22 heavy (non-hydrogen) atoms. The molecule has 0 atom stereocenters. The molecule has 3 heteroatoms. The number of nitrogens with zero attached hydrogens (tertiary/aromatic N) is 1. The van der Waals surface area contributed by atoms with Crippen LogP contribution in [0.2, 0.25) is 0 Å². The standard InChI is InChI=1S/C19H24N2O/c1-21(18(22)19(20)12-5-2-6-13-19)14-16-10-7-9-15-8-3-4-11-17(15)16/h3-4,7-11H,2,5-6,12-14,20H2,1H3. The lowest BCUT2D eigenvalue weighted by atomic mass is 9.81. The van der Waals surface area contributed by atoms with E-state index in [4.69, 9.17) is 5.73 Å². The predicted octanol–water partition coefficient (Wildman–Crippen LogP) is 3.46. The van der Waals surface area contributed by atoms with Crippen molar-refractivity contribution in [3.63, 3.8) is 0 Å². The molecule has 0 unspecified atom stereocenters. The Morgan fingerprint density at radius 2 is 1.77 bits per heavy atom. The molecular formula is C19H24N2O. The van der Waals surface area contributed by atoms with E-state index in [9.17, 15) is 4.79 Å². The number of fused-ring (bicyclic) bond motifs is 1. The van der Waals surface area contributed by atoms with Crippen LogP contribution in [0.1, 0.15) is 37.7 Å². The number of rotatable bonds is 3. The van der Waals surface area contributed by atoms with Gasteiger partial charge in [-0.1, -0.05) is 61.7 Å². The highest BCUT2D eigenvalue weighted by Crippen LogP contribution is 2.28. The van der Waals surface area contributed by atoms with Crippen molar-refractivity contribution < 1.29 is 4.79 Å². The highest BCUT2D eigenvalue weighted by molar-refractivity contribution is 5.88. The SMILES string of the molecule is CN(Cc1cccc2ccccc12)C(=O)C1(N)CCCCC1. The highest BCUT2D eigenvalue weighted by atomic mass is 16.2. The van der Waals surface area contributed by atoms with Crippen molar-refractivity contribution in [3.05, 3.63) is 48.0 Å². The zero-order chi connectivity index (χ0) is 15.6. The number of benzene rings is 2. The second kappa shape index (κ2) is 6.09. The van der Waals surface area contributed by atoms with Crippen LogP contribution in [-0.2, 0) is 11.3 Å². The number of amides is 1. The van der Waals surface area contributed by atoms with Gasteiger partial charge in [-0.3, -0.25) is 4.79 Å². The Labute approximate surface area is 132 Å². The first-order valence-electron chi connectivity index (χ1n) is 8.11. The molecule has 0 saturated heterocycles. The van der Waals surface area contributed by atoms with E-state index in [2.05, 4.69) is 30.3 Å². The summed E-state index contributed by atoms with van der Waals surface area (Å²) in [4.78, 5) is 14.6. The molecule has 0 heterocycles. The van der Waals surface area contributed by atoms with Crippen molar-refractivity contribution in [2.24, 2.45) is 5.73 Å². The van der Waals surface area contributed by atoms with Crippen LogP contribution in [0.25, 0.3) is 10.8 Å². The van der Waals surface area contributed by atoms with E-state index < -0.39 is 5.54 Å². The van der Waals surface area contributed by atoms with Crippen LogP contribution in [0.15, 0.2) is 42.5 Å². The van der Waals surface area contributed by atoms with Crippen LogP contribution in [-0.4, -0.2) is 23.4 Å². The van der Waals surface area contributed by atoms with Crippen LogP contribution in [0.5, 0.6) is 0 Å². The fourth-order valence-corrected chi connectivity index (χ4v) is 3.53.